The quantitative estimate of drug-likeness (QED) is 0.623. The highest BCUT2D eigenvalue weighted by atomic mass is 79.9. The van der Waals surface area contributed by atoms with E-state index in [1.807, 2.05) is 0 Å². The van der Waals surface area contributed by atoms with E-state index >= 15 is 0 Å². The SMILES string of the molecule is C[C@@]12CCC(=O)[C@H]3[C@@H]1CC[C@]3(Br)C2=O. The topological polar surface area (TPSA) is 34.1 Å². The number of carbonyl (C=O) groups is 2. The molecule has 3 fully saturated rings. The van der Waals surface area contributed by atoms with Crippen LogP contribution in [0.5, 0.6) is 0 Å². The van der Waals surface area contributed by atoms with Gasteiger partial charge in [0, 0.05) is 17.8 Å². The van der Waals surface area contributed by atoms with Gasteiger partial charge in [-0.25, -0.2) is 0 Å². The molecule has 0 spiro atoms. The fourth-order valence-corrected chi connectivity index (χ4v) is 5.16. The van der Waals surface area contributed by atoms with Gasteiger partial charge in [0.25, 0.3) is 0 Å². The van der Waals surface area contributed by atoms with Gasteiger partial charge in [0.2, 0.25) is 0 Å². The largest absolute Gasteiger partial charge is 0.299 e. The van der Waals surface area contributed by atoms with Crippen LogP contribution in [0.2, 0.25) is 0 Å². The van der Waals surface area contributed by atoms with Crippen molar-refractivity contribution in [3.8, 4) is 0 Å². The Morgan fingerprint density at radius 1 is 1.36 bits per heavy atom. The predicted molar refractivity (Wildman–Crippen MR) is 55.2 cm³/mol. The van der Waals surface area contributed by atoms with Crippen molar-refractivity contribution in [2.45, 2.75) is 36.9 Å². The lowest BCUT2D eigenvalue weighted by molar-refractivity contribution is -0.131. The molecule has 0 heterocycles. The minimum absolute atomic E-state index is 0.00579. The molecule has 0 radical (unpaired) electrons. The molecule has 2 nitrogen and oxygen atoms in total. The normalized spacial score (nSPS) is 55.6. The Morgan fingerprint density at radius 2 is 2.07 bits per heavy atom. The first-order valence-corrected chi connectivity index (χ1v) is 6.06. The standard InChI is InChI=1S/C11H13BrO2/c1-10-4-3-7(13)8-6(10)2-5-11(8,12)9(10)14/h6,8H,2-5H2,1H3/t6-,8+,10+,11+/m0/s1. The Bertz CT molecular complexity index is 351. The fraction of sp³-hybridized carbons (Fsp3) is 0.818. The zero-order chi connectivity index (χ0) is 10.1. The van der Waals surface area contributed by atoms with Gasteiger partial charge in [-0.1, -0.05) is 22.9 Å². The summed E-state index contributed by atoms with van der Waals surface area (Å²) in [7, 11) is 0. The van der Waals surface area contributed by atoms with Crippen LogP contribution in [0, 0.1) is 17.3 Å². The molecule has 3 rings (SSSR count). The Hall–Kier alpha value is -0.180. The Balaban J connectivity index is 2.20. The molecular formula is C11H13BrO2. The maximum Gasteiger partial charge on any atom is 0.156 e. The molecule has 0 aromatic rings. The van der Waals surface area contributed by atoms with E-state index in [1.165, 1.54) is 0 Å². The van der Waals surface area contributed by atoms with E-state index < -0.39 is 4.32 Å². The van der Waals surface area contributed by atoms with Gasteiger partial charge < -0.3 is 0 Å². The van der Waals surface area contributed by atoms with Gasteiger partial charge in [-0.3, -0.25) is 9.59 Å². The molecule has 3 saturated carbocycles. The summed E-state index contributed by atoms with van der Waals surface area (Å²) >= 11 is 3.56. The van der Waals surface area contributed by atoms with Gasteiger partial charge in [-0.05, 0) is 25.2 Å². The summed E-state index contributed by atoms with van der Waals surface area (Å²) in [5.74, 6) is 0.939. The van der Waals surface area contributed by atoms with Gasteiger partial charge in [0.05, 0.1) is 4.32 Å². The van der Waals surface area contributed by atoms with Gasteiger partial charge in [0.1, 0.15) is 5.78 Å². The van der Waals surface area contributed by atoms with Crippen LogP contribution >= 0.6 is 15.9 Å². The van der Waals surface area contributed by atoms with E-state index in [4.69, 9.17) is 0 Å². The molecule has 3 aliphatic rings. The molecule has 4 bridgehead atoms. The zero-order valence-corrected chi connectivity index (χ0v) is 9.76. The van der Waals surface area contributed by atoms with Gasteiger partial charge in [0.15, 0.2) is 5.78 Å². The molecule has 0 amide bonds. The predicted octanol–water partition coefficient (Wildman–Crippen LogP) is 2.10. The fourth-order valence-electron chi connectivity index (χ4n) is 3.91. The third-order valence-electron chi connectivity index (χ3n) is 4.67. The van der Waals surface area contributed by atoms with Crippen LogP contribution < -0.4 is 0 Å². The molecule has 76 valence electrons. The second-order valence-corrected chi connectivity index (χ2v) is 6.61. The third kappa shape index (κ3) is 0.721. The van der Waals surface area contributed by atoms with Crippen LogP contribution in [0.4, 0.5) is 0 Å². The van der Waals surface area contributed by atoms with E-state index in [0.29, 0.717) is 23.9 Å². The third-order valence-corrected chi connectivity index (χ3v) is 5.92. The van der Waals surface area contributed by atoms with Crippen molar-refractivity contribution < 1.29 is 9.59 Å². The van der Waals surface area contributed by atoms with Gasteiger partial charge >= 0.3 is 0 Å². The van der Waals surface area contributed by atoms with Crippen molar-refractivity contribution in [2.75, 3.05) is 0 Å². The lowest BCUT2D eigenvalue weighted by Crippen LogP contribution is -2.39. The molecule has 0 saturated heterocycles. The summed E-state index contributed by atoms with van der Waals surface area (Å²) in [5.41, 5.74) is -0.194. The summed E-state index contributed by atoms with van der Waals surface area (Å²) in [5, 5.41) is 0. The zero-order valence-electron chi connectivity index (χ0n) is 8.18. The first-order chi connectivity index (χ1) is 6.50. The van der Waals surface area contributed by atoms with Gasteiger partial charge in [-0.2, -0.15) is 0 Å². The van der Waals surface area contributed by atoms with Crippen LogP contribution in [-0.4, -0.2) is 15.9 Å². The van der Waals surface area contributed by atoms with E-state index in [1.54, 1.807) is 0 Å². The van der Waals surface area contributed by atoms with Crippen molar-refractivity contribution in [3.05, 3.63) is 0 Å². The van der Waals surface area contributed by atoms with Crippen LogP contribution in [-0.2, 0) is 9.59 Å². The number of Topliss-reactive ketones (excluding diaryl/α,β-unsaturated/α-hetero) is 2. The molecule has 0 aromatic carbocycles. The molecule has 0 unspecified atom stereocenters. The Labute approximate surface area is 91.6 Å². The first-order valence-electron chi connectivity index (χ1n) is 5.27. The highest BCUT2D eigenvalue weighted by Gasteiger charge is 2.71. The van der Waals surface area contributed by atoms with Crippen molar-refractivity contribution in [3.63, 3.8) is 0 Å². The molecule has 3 heteroatoms. The number of carbonyl (C=O) groups excluding carboxylic acids is 2. The number of alkyl halides is 1. The maximum atomic E-state index is 12.2. The Morgan fingerprint density at radius 3 is 2.71 bits per heavy atom. The number of hydrogen-bond acceptors (Lipinski definition) is 2. The summed E-state index contributed by atoms with van der Waals surface area (Å²) in [6.45, 7) is 2.06. The number of halogens is 1. The molecule has 14 heavy (non-hydrogen) atoms. The lowest BCUT2D eigenvalue weighted by atomic mass is 9.67. The first kappa shape index (κ1) is 9.08. The maximum absolute atomic E-state index is 12.2. The van der Waals surface area contributed by atoms with Crippen LogP contribution in [0.3, 0.4) is 0 Å². The molecule has 3 aliphatic carbocycles. The lowest BCUT2D eigenvalue weighted by Gasteiger charge is -2.35. The molecule has 0 aromatic heterocycles. The number of hydrogen-bond donors (Lipinski definition) is 0. The van der Waals surface area contributed by atoms with Crippen molar-refractivity contribution in [1.29, 1.82) is 0 Å². The minimum Gasteiger partial charge on any atom is -0.299 e. The molecule has 0 N–H and O–H groups in total. The minimum atomic E-state index is -0.472. The van der Waals surface area contributed by atoms with Crippen LogP contribution in [0.25, 0.3) is 0 Å². The van der Waals surface area contributed by atoms with E-state index in [9.17, 15) is 9.59 Å². The average Bonchev–Trinajstić information content (AvgIpc) is 2.55. The number of rotatable bonds is 0. The summed E-state index contributed by atoms with van der Waals surface area (Å²) in [6, 6.07) is 0. The van der Waals surface area contributed by atoms with E-state index in [-0.39, 0.29) is 11.3 Å². The Kier molecular flexibility index (Phi) is 1.50. The molecule has 4 atom stereocenters. The smallest absolute Gasteiger partial charge is 0.156 e. The summed E-state index contributed by atoms with van der Waals surface area (Å²) in [6.07, 6.45) is 3.29. The highest BCUT2D eigenvalue weighted by molar-refractivity contribution is 9.10. The second kappa shape index (κ2) is 2.31. The number of ketones is 2. The van der Waals surface area contributed by atoms with Crippen LogP contribution in [0.15, 0.2) is 0 Å². The molecular weight excluding hydrogens is 244 g/mol. The van der Waals surface area contributed by atoms with Crippen molar-refractivity contribution in [2.24, 2.45) is 17.3 Å². The molecule has 0 aliphatic heterocycles. The summed E-state index contributed by atoms with van der Waals surface area (Å²) < 4.78 is -0.472. The van der Waals surface area contributed by atoms with E-state index in [2.05, 4.69) is 22.9 Å². The monoisotopic (exact) mass is 256 g/mol. The summed E-state index contributed by atoms with van der Waals surface area (Å²) in [4.78, 5) is 24.1. The van der Waals surface area contributed by atoms with Gasteiger partial charge in [-0.15, -0.1) is 0 Å². The van der Waals surface area contributed by atoms with Crippen molar-refractivity contribution >= 4 is 27.5 Å². The van der Waals surface area contributed by atoms with Crippen LogP contribution in [0.1, 0.15) is 32.6 Å². The average molecular weight is 257 g/mol. The van der Waals surface area contributed by atoms with Crippen molar-refractivity contribution in [1.82, 2.24) is 0 Å². The highest BCUT2D eigenvalue weighted by Crippen LogP contribution is 2.66. The second-order valence-electron chi connectivity index (χ2n) is 5.20. The van der Waals surface area contributed by atoms with E-state index in [0.717, 1.165) is 19.3 Å².